The van der Waals surface area contributed by atoms with Gasteiger partial charge in [0.1, 0.15) is 0 Å². The molecule has 0 saturated heterocycles. The molecule has 0 saturated carbocycles. The van der Waals surface area contributed by atoms with Gasteiger partial charge in [0.15, 0.2) is 0 Å². The number of carbonyl (C=O) groups is 1. The molecule has 0 aliphatic heterocycles. The smallest absolute Gasteiger partial charge is 0.270 e. The van der Waals surface area contributed by atoms with Gasteiger partial charge in [-0.3, -0.25) is 19.9 Å². The number of nitrogens with zero attached hydrogens (tertiary/aromatic N) is 2. The summed E-state index contributed by atoms with van der Waals surface area (Å²) in [6, 6.07) is 9.72. The second-order valence-corrected chi connectivity index (χ2v) is 4.56. The second-order valence-electron chi connectivity index (χ2n) is 4.56. The topological polar surface area (TPSA) is 97.2 Å². The van der Waals surface area contributed by atoms with Gasteiger partial charge in [0.25, 0.3) is 11.6 Å². The van der Waals surface area contributed by atoms with Gasteiger partial charge in [-0.25, -0.2) is 0 Å². The lowest BCUT2D eigenvalue weighted by atomic mass is 10.1. The van der Waals surface area contributed by atoms with Crippen molar-refractivity contribution in [2.24, 2.45) is 0 Å². The molecule has 114 valence electrons. The molecule has 0 atom stereocenters. The van der Waals surface area contributed by atoms with Crippen molar-refractivity contribution in [2.75, 3.05) is 18.9 Å². The summed E-state index contributed by atoms with van der Waals surface area (Å²) in [4.78, 5) is 26.7. The molecule has 0 aliphatic carbocycles. The number of amides is 1. The van der Waals surface area contributed by atoms with Crippen LogP contribution in [0.2, 0.25) is 0 Å². The lowest BCUT2D eigenvalue weighted by molar-refractivity contribution is -0.384. The van der Waals surface area contributed by atoms with Crippen LogP contribution in [0.15, 0.2) is 42.6 Å². The van der Waals surface area contributed by atoms with Crippen LogP contribution >= 0.6 is 0 Å². The highest BCUT2D eigenvalue weighted by atomic mass is 16.6. The quantitative estimate of drug-likeness (QED) is 0.628. The molecule has 0 unspecified atom stereocenters. The zero-order chi connectivity index (χ0) is 15.9. The van der Waals surface area contributed by atoms with Crippen molar-refractivity contribution in [3.63, 3.8) is 0 Å². The van der Waals surface area contributed by atoms with E-state index in [9.17, 15) is 14.9 Å². The molecule has 0 fully saturated rings. The van der Waals surface area contributed by atoms with Crippen molar-refractivity contribution < 1.29 is 9.72 Å². The van der Waals surface area contributed by atoms with Crippen LogP contribution in [0.5, 0.6) is 0 Å². The van der Waals surface area contributed by atoms with Crippen LogP contribution in [-0.2, 0) is 6.42 Å². The molecule has 2 N–H and O–H groups in total. The minimum absolute atomic E-state index is 0.117. The molecule has 1 heterocycles. The highest BCUT2D eigenvalue weighted by Crippen LogP contribution is 2.21. The van der Waals surface area contributed by atoms with Crippen molar-refractivity contribution in [3.05, 3.63) is 64.0 Å². The number of pyridine rings is 1. The number of benzene rings is 1. The fraction of sp³-hybridized carbons (Fsp3) is 0.200. The summed E-state index contributed by atoms with van der Waals surface area (Å²) in [6.45, 7) is 0.404. The van der Waals surface area contributed by atoms with E-state index in [2.05, 4.69) is 15.6 Å². The summed E-state index contributed by atoms with van der Waals surface area (Å²) in [6.07, 6.45) is 2.28. The molecule has 0 radical (unpaired) electrons. The molecular weight excluding hydrogens is 284 g/mol. The van der Waals surface area contributed by atoms with Gasteiger partial charge in [0.05, 0.1) is 10.5 Å². The molecule has 2 aromatic rings. The monoisotopic (exact) mass is 300 g/mol. The predicted octanol–water partition coefficient (Wildman–Crippen LogP) is 2.00. The first kappa shape index (κ1) is 15.4. The molecule has 22 heavy (non-hydrogen) atoms. The average Bonchev–Trinajstić information content (AvgIpc) is 2.55. The number of nitrogens with one attached hydrogen (secondary N) is 2. The highest BCUT2D eigenvalue weighted by Gasteiger charge is 2.15. The first-order valence-electron chi connectivity index (χ1n) is 6.76. The Bertz CT molecular complexity index is 674. The number of hydrogen-bond donors (Lipinski definition) is 2. The van der Waals surface area contributed by atoms with Crippen LogP contribution < -0.4 is 10.6 Å². The largest absolute Gasteiger partial charge is 0.387 e. The zero-order valence-corrected chi connectivity index (χ0v) is 12.1. The van der Waals surface area contributed by atoms with Gasteiger partial charge in [-0.1, -0.05) is 6.07 Å². The van der Waals surface area contributed by atoms with Crippen molar-refractivity contribution in [1.29, 1.82) is 0 Å². The summed E-state index contributed by atoms with van der Waals surface area (Å²) < 4.78 is 0. The minimum atomic E-state index is -0.524. The predicted molar refractivity (Wildman–Crippen MR) is 82.9 cm³/mol. The molecule has 1 aromatic carbocycles. The van der Waals surface area contributed by atoms with Crippen molar-refractivity contribution in [2.45, 2.75) is 6.42 Å². The van der Waals surface area contributed by atoms with E-state index in [0.717, 1.165) is 5.69 Å². The Morgan fingerprint density at radius 1 is 1.32 bits per heavy atom. The Kier molecular flexibility index (Phi) is 5.02. The summed E-state index contributed by atoms with van der Waals surface area (Å²) in [5, 5.41) is 16.4. The molecule has 2 rings (SSSR count). The Labute approximate surface area is 127 Å². The number of non-ortho nitro benzene ring substituents is 1. The lowest BCUT2D eigenvalue weighted by Gasteiger charge is -2.09. The fourth-order valence-electron chi connectivity index (χ4n) is 2.00. The third kappa shape index (κ3) is 3.78. The highest BCUT2D eigenvalue weighted by molar-refractivity contribution is 6.00. The van der Waals surface area contributed by atoms with Crippen LogP contribution in [0.25, 0.3) is 0 Å². The Morgan fingerprint density at radius 2 is 2.14 bits per heavy atom. The maximum absolute atomic E-state index is 12.2. The van der Waals surface area contributed by atoms with E-state index in [0.29, 0.717) is 18.7 Å². The van der Waals surface area contributed by atoms with E-state index >= 15 is 0 Å². The lowest BCUT2D eigenvalue weighted by Crippen LogP contribution is -2.26. The standard InChI is InChI=1S/C15H16N4O3/c1-16-14-6-5-12(19(21)22)10-13(14)15(20)18-9-7-11-4-2-3-8-17-11/h2-6,8,10,16H,7,9H2,1H3,(H,18,20). The van der Waals surface area contributed by atoms with E-state index in [4.69, 9.17) is 0 Å². The van der Waals surface area contributed by atoms with E-state index in [1.807, 2.05) is 18.2 Å². The first-order chi connectivity index (χ1) is 10.6. The van der Waals surface area contributed by atoms with Gasteiger partial charge >= 0.3 is 0 Å². The second kappa shape index (κ2) is 7.16. The molecule has 0 bridgehead atoms. The van der Waals surface area contributed by atoms with E-state index in [1.54, 1.807) is 13.2 Å². The molecule has 0 spiro atoms. The van der Waals surface area contributed by atoms with Gasteiger partial charge < -0.3 is 10.6 Å². The number of rotatable bonds is 6. The minimum Gasteiger partial charge on any atom is -0.387 e. The summed E-state index contributed by atoms with van der Waals surface area (Å²) in [5.74, 6) is -0.357. The molecule has 7 nitrogen and oxygen atoms in total. The zero-order valence-electron chi connectivity index (χ0n) is 12.1. The number of anilines is 1. The maximum atomic E-state index is 12.2. The van der Waals surface area contributed by atoms with Gasteiger partial charge in [-0.2, -0.15) is 0 Å². The van der Waals surface area contributed by atoms with E-state index in [-0.39, 0.29) is 17.2 Å². The number of aromatic nitrogens is 1. The fourth-order valence-corrected chi connectivity index (χ4v) is 2.00. The van der Waals surface area contributed by atoms with Crippen LogP contribution in [0.3, 0.4) is 0 Å². The number of nitro groups is 1. The van der Waals surface area contributed by atoms with Crippen molar-refractivity contribution in [1.82, 2.24) is 10.3 Å². The van der Waals surface area contributed by atoms with Crippen molar-refractivity contribution >= 4 is 17.3 Å². The van der Waals surface area contributed by atoms with Gasteiger partial charge in [-0.15, -0.1) is 0 Å². The summed E-state index contributed by atoms with van der Waals surface area (Å²) in [7, 11) is 1.66. The summed E-state index contributed by atoms with van der Waals surface area (Å²) in [5.41, 5.74) is 1.54. The molecule has 0 aliphatic rings. The normalized spacial score (nSPS) is 10.0. The third-order valence-corrected chi connectivity index (χ3v) is 3.12. The Balaban J connectivity index is 2.05. The average molecular weight is 300 g/mol. The van der Waals surface area contributed by atoms with E-state index < -0.39 is 4.92 Å². The van der Waals surface area contributed by atoms with Crippen LogP contribution in [0.1, 0.15) is 16.1 Å². The first-order valence-corrected chi connectivity index (χ1v) is 6.76. The van der Waals surface area contributed by atoms with Crippen LogP contribution in [-0.4, -0.2) is 29.4 Å². The SMILES string of the molecule is CNc1ccc([N+](=O)[O-])cc1C(=O)NCCc1ccccn1. The molecule has 7 heteroatoms. The number of carbonyl (C=O) groups excluding carboxylic acids is 1. The van der Waals surface area contributed by atoms with Gasteiger partial charge in [0.2, 0.25) is 0 Å². The van der Waals surface area contributed by atoms with Crippen molar-refractivity contribution in [3.8, 4) is 0 Å². The number of nitro benzene ring substituents is 1. The third-order valence-electron chi connectivity index (χ3n) is 3.12. The van der Waals surface area contributed by atoms with Gasteiger partial charge in [-0.05, 0) is 18.2 Å². The summed E-state index contributed by atoms with van der Waals surface area (Å²) >= 11 is 0. The van der Waals surface area contributed by atoms with Crippen LogP contribution in [0.4, 0.5) is 11.4 Å². The molecule has 1 amide bonds. The van der Waals surface area contributed by atoms with E-state index in [1.165, 1.54) is 18.2 Å². The van der Waals surface area contributed by atoms with Gasteiger partial charge in [0, 0.05) is 49.7 Å². The molecule has 1 aromatic heterocycles. The number of hydrogen-bond acceptors (Lipinski definition) is 5. The molecular formula is C15H16N4O3. The maximum Gasteiger partial charge on any atom is 0.270 e. The Morgan fingerprint density at radius 3 is 2.77 bits per heavy atom. The van der Waals surface area contributed by atoms with Crippen LogP contribution in [0, 0.1) is 10.1 Å². The Hall–Kier alpha value is -2.96.